The van der Waals surface area contributed by atoms with E-state index in [1.807, 2.05) is 24.3 Å². The average molecular weight is 437 g/mol. The first kappa shape index (κ1) is 20.3. The lowest BCUT2D eigenvalue weighted by Crippen LogP contribution is -2.43. The Morgan fingerprint density at radius 2 is 1.84 bits per heavy atom. The molecule has 0 aliphatic rings. The van der Waals surface area contributed by atoms with Gasteiger partial charge in [0.15, 0.2) is 0 Å². The maximum atomic E-state index is 12.5. The van der Waals surface area contributed by atoms with Crippen LogP contribution in [0.15, 0.2) is 67.1 Å². The minimum absolute atomic E-state index is 0.0689. The molecule has 0 aliphatic heterocycles. The fourth-order valence-corrected chi connectivity index (χ4v) is 3.01. The SMILES string of the molecule is O=C(Cn1c(COc2ccc(Cl)cc2)nc2ccccc21)NNC(=O)c1cnccn1. The largest absolute Gasteiger partial charge is 0.486 e. The van der Waals surface area contributed by atoms with Crippen LogP contribution in [-0.4, -0.2) is 31.3 Å². The molecule has 0 saturated heterocycles. The van der Waals surface area contributed by atoms with Crippen LogP contribution >= 0.6 is 11.6 Å². The van der Waals surface area contributed by atoms with E-state index in [1.54, 1.807) is 28.8 Å². The maximum absolute atomic E-state index is 12.5. The zero-order valence-electron chi connectivity index (χ0n) is 16.2. The number of hydrazine groups is 1. The van der Waals surface area contributed by atoms with E-state index in [0.29, 0.717) is 16.6 Å². The molecule has 156 valence electrons. The zero-order chi connectivity index (χ0) is 21.6. The first-order chi connectivity index (χ1) is 15.1. The minimum atomic E-state index is -0.566. The van der Waals surface area contributed by atoms with E-state index in [2.05, 4.69) is 25.8 Å². The Kier molecular flexibility index (Phi) is 6.04. The van der Waals surface area contributed by atoms with Crippen LogP contribution in [0, 0.1) is 0 Å². The summed E-state index contributed by atoms with van der Waals surface area (Å²) >= 11 is 5.90. The molecule has 9 nitrogen and oxygen atoms in total. The van der Waals surface area contributed by atoms with Gasteiger partial charge in [-0.2, -0.15) is 0 Å². The van der Waals surface area contributed by atoms with Gasteiger partial charge < -0.3 is 9.30 Å². The van der Waals surface area contributed by atoms with Gasteiger partial charge in [0, 0.05) is 17.4 Å². The molecule has 2 N–H and O–H groups in total. The summed E-state index contributed by atoms with van der Waals surface area (Å²) in [6.45, 7) is 0.0795. The summed E-state index contributed by atoms with van der Waals surface area (Å²) in [5, 5.41) is 0.611. The van der Waals surface area contributed by atoms with E-state index in [4.69, 9.17) is 16.3 Å². The van der Waals surface area contributed by atoms with Crippen molar-refractivity contribution >= 4 is 34.4 Å². The number of hydrogen-bond donors (Lipinski definition) is 2. The molecule has 2 aromatic heterocycles. The molecule has 4 aromatic rings. The van der Waals surface area contributed by atoms with E-state index >= 15 is 0 Å². The van der Waals surface area contributed by atoms with Crippen LogP contribution in [0.2, 0.25) is 5.02 Å². The first-order valence-corrected chi connectivity index (χ1v) is 9.65. The molecule has 2 heterocycles. The van der Waals surface area contributed by atoms with Crippen molar-refractivity contribution in [1.29, 1.82) is 0 Å². The third-order valence-corrected chi connectivity index (χ3v) is 4.58. The highest BCUT2D eigenvalue weighted by Crippen LogP contribution is 2.20. The van der Waals surface area contributed by atoms with Gasteiger partial charge in [-0.1, -0.05) is 23.7 Å². The lowest BCUT2D eigenvalue weighted by atomic mass is 10.3. The van der Waals surface area contributed by atoms with E-state index in [9.17, 15) is 9.59 Å². The lowest BCUT2D eigenvalue weighted by molar-refractivity contribution is -0.122. The molecule has 0 atom stereocenters. The molecule has 0 fully saturated rings. The summed E-state index contributed by atoms with van der Waals surface area (Å²) in [4.78, 5) is 36.8. The van der Waals surface area contributed by atoms with Crippen molar-refractivity contribution in [3.8, 4) is 5.75 Å². The van der Waals surface area contributed by atoms with Crippen molar-refractivity contribution in [3.63, 3.8) is 0 Å². The maximum Gasteiger partial charge on any atom is 0.289 e. The number of halogens is 1. The van der Waals surface area contributed by atoms with Crippen molar-refractivity contribution in [2.24, 2.45) is 0 Å². The van der Waals surface area contributed by atoms with Crippen molar-refractivity contribution in [3.05, 3.63) is 83.7 Å². The predicted octanol–water partition coefficient (Wildman–Crippen LogP) is 2.52. The van der Waals surface area contributed by atoms with E-state index in [-0.39, 0.29) is 18.8 Å². The zero-order valence-corrected chi connectivity index (χ0v) is 16.9. The highest BCUT2D eigenvalue weighted by Gasteiger charge is 2.15. The van der Waals surface area contributed by atoms with E-state index in [1.165, 1.54) is 18.6 Å². The second-order valence-electron chi connectivity index (χ2n) is 6.44. The number of aromatic nitrogens is 4. The number of hydrogen-bond acceptors (Lipinski definition) is 6. The van der Waals surface area contributed by atoms with Gasteiger partial charge in [-0.05, 0) is 36.4 Å². The fraction of sp³-hybridized carbons (Fsp3) is 0.0952. The molecule has 0 aliphatic carbocycles. The molecule has 0 bridgehead atoms. The van der Waals surface area contributed by atoms with Crippen LogP contribution < -0.4 is 15.6 Å². The van der Waals surface area contributed by atoms with Crippen molar-refractivity contribution in [2.45, 2.75) is 13.2 Å². The quantitative estimate of drug-likeness (QED) is 0.449. The third-order valence-electron chi connectivity index (χ3n) is 4.33. The summed E-state index contributed by atoms with van der Waals surface area (Å²) in [6.07, 6.45) is 4.14. The highest BCUT2D eigenvalue weighted by atomic mass is 35.5. The number of rotatable bonds is 6. The number of nitrogens with one attached hydrogen (secondary N) is 2. The van der Waals surface area contributed by atoms with Crippen LogP contribution in [-0.2, 0) is 17.9 Å². The summed E-state index contributed by atoms with van der Waals surface area (Å²) in [5.74, 6) is 0.187. The molecular weight excluding hydrogens is 420 g/mol. The van der Waals surface area contributed by atoms with Gasteiger partial charge in [0.2, 0.25) is 0 Å². The first-order valence-electron chi connectivity index (χ1n) is 9.28. The van der Waals surface area contributed by atoms with Gasteiger partial charge in [-0.25, -0.2) is 9.97 Å². The number of fused-ring (bicyclic) bond motifs is 1. The van der Waals surface area contributed by atoms with Crippen molar-refractivity contribution < 1.29 is 14.3 Å². The Hall–Kier alpha value is -3.98. The minimum Gasteiger partial charge on any atom is -0.486 e. The molecule has 4 rings (SSSR count). The summed E-state index contributed by atoms with van der Waals surface area (Å²) in [6, 6.07) is 14.4. The number of carbonyl (C=O) groups excluding carboxylic acids is 2. The van der Waals surface area contributed by atoms with E-state index in [0.717, 1.165) is 11.0 Å². The highest BCUT2D eigenvalue weighted by molar-refractivity contribution is 6.30. The summed E-state index contributed by atoms with van der Waals surface area (Å²) < 4.78 is 7.53. The third kappa shape index (κ3) is 4.96. The van der Waals surface area contributed by atoms with Crippen LogP contribution in [0.1, 0.15) is 16.3 Å². The predicted molar refractivity (Wildman–Crippen MR) is 113 cm³/mol. The van der Waals surface area contributed by atoms with Crippen molar-refractivity contribution in [2.75, 3.05) is 0 Å². The summed E-state index contributed by atoms with van der Waals surface area (Å²) in [5.41, 5.74) is 6.30. The average Bonchev–Trinajstić information content (AvgIpc) is 3.15. The smallest absolute Gasteiger partial charge is 0.289 e. The Balaban J connectivity index is 1.46. The Labute approximate surface area is 182 Å². The number of para-hydroxylation sites is 2. The number of benzene rings is 2. The van der Waals surface area contributed by atoms with Gasteiger partial charge in [0.1, 0.15) is 30.4 Å². The van der Waals surface area contributed by atoms with Crippen molar-refractivity contribution in [1.82, 2.24) is 30.4 Å². The number of carbonyl (C=O) groups is 2. The van der Waals surface area contributed by atoms with Crippen LogP contribution in [0.3, 0.4) is 0 Å². The monoisotopic (exact) mass is 436 g/mol. The Morgan fingerprint density at radius 1 is 1.03 bits per heavy atom. The molecular formula is C21H17ClN6O3. The fourth-order valence-electron chi connectivity index (χ4n) is 2.88. The molecule has 2 aromatic carbocycles. The van der Waals surface area contributed by atoms with Crippen LogP contribution in [0.4, 0.5) is 0 Å². The van der Waals surface area contributed by atoms with Crippen LogP contribution in [0.25, 0.3) is 11.0 Å². The Bertz CT molecular complexity index is 1210. The van der Waals surface area contributed by atoms with Gasteiger partial charge in [-0.3, -0.25) is 25.4 Å². The number of amides is 2. The number of nitrogens with zero attached hydrogens (tertiary/aromatic N) is 4. The topological polar surface area (TPSA) is 111 Å². The molecule has 10 heteroatoms. The molecule has 31 heavy (non-hydrogen) atoms. The van der Waals surface area contributed by atoms with E-state index < -0.39 is 11.8 Å². The Morgan fingerprint density at radius 3 is 2.61 bits per heavy atom. The molecule has 0 saturated carbocycles. The van der Waals surface area contributed by atoms with Gasteiger partial charge in [0.25, 0.3) is 11.8 Å². The molecule has 0 unspecified atom stereocenters. The lowest BCUT2D eigenvalue weighted by Gasteiger charge is -2.11. The standard InChI is InChI=1S/C21H17ClN6O3/c22-14-5-7-15(8-6-14)31-13-19-25-16-3-1-2-4-18(16)28(19)12-20(29)26-27-21(30)17-11-23-9-10-24-17/h1-11H,12-13H2,(H,26,29)(H,27,30). The number of ether oxygens (including phenoxy) is 1. The van der Waals surface area contributed by atoms with Crippen LogP contribution in [0.5, 0.6) is 5.75 Å². The normalized spacial score (nSPS) is 10.6. The molecule has 2 amide bonds. The number of imidazole rings is 1. The van der Waals surface area contributed by atoms with Gasteiger partial charge in [0.05, 0.1) is 17.2 Å². The second-order valence-corrected chi connectivity index (χ2v) is 6.87. The second kappa shape index (κ2) is 9.23. The molecule has 0 radical (unpaired) electrons. The van der Waals surface area contributed by atoms with Gasteiger partial charge >= 0.3 is 0 Å². The summed E-state index contributed by atoms with van der Waals surface area (Å²) in [7, 11) is 0. The molecule has 0 spiro atoms. The van der Waals surface area contributed by atoms with Gasteiger partial charge in [-0.15, -0.1) is 0 Å².